The van der Waals surface area contributed by atoms with Crippen molar-refractivity contribution in [1.29, 1.82) is 0 Å². The van der Waals surface area contributed by atoms with E-state index in [9.17, 15) is 4.79 Å². The number of rotatable bonds is 4. The molecular formula is C20H18N4O2. The number of primary amides is 1. The van der Waals surface area contributed by atoms with Crippen LogP contribution in [-0.4, -0.2) is 27.8 Å². The summed E-state index contributed by atoms with van der Waals surface area (Å²) < 4.78 is 7.42. The van der Waals surface area contributed by atoms with E-state index in [1.54, 1.807) is 19.4 Å². The van der Waals surface area contributed by atoms with E-state index < -0.39 is 5.91 Å². The van der Waals surface area contributed by atoms with Crippen LogP contribution >= 0.6 is 0 Å². The minimum atomic E-state index is -0.450. The topological polar surface area (TPSA) is 85.9 Å². The molecule has 3 N–H and O–H groups in total. The lowest BCUT2D eigenvalue weighted by molar-refractivity contribution is 0.100. The summed E-state index contributed by atoms with van der Waals surface area (Å²) in [5.74, 6) is 0.345. The van der Waals surface area contributed by atoms with Crippen molar-refractivity contribution in [3.8, 4) is 22.8 Å². The predicted octanol–water partition coefficient (Wildman–Crippen LogP) is 3.44. The largest absolute Gasteiger partial charge is 0.497 e. The molecule has 0 aliphatic rings. The van der Waals surface area contributed by atoms with Crippen molar-refractivity contribution in [2.75, 3.05) is 7.11 Å². The van der Waals surface area contributed by atoms with E-state index in [-0.39, 0.29) is 0 Å². The maximum Gasteiger partial charge on any atom is 0.248 e. The summed E-state index contributed by atoms with van der Waals surface area (Å²) >= 11 is 0. The molecule has 2 aromatic heterocycles. The van der Waals surface area contributed by atoms with Crippen molar-refractivity contribution in [3.05, 3.63) is 65.9 Å². The van der Waals surface area contributed by atoms with E-state index in [2.05, 4.69) is 20.8 Å². The van der Waals surface area contributed by atoms with E-state index in [1.807, 2.05) is 43.3 Å². The van der Waals surface area contributed by atoms with Crippen LogP contribution in [0.5, 0.6) is 5.75 Å². The fourth-order valence-corrected chi connectivity index (χ4v) is 3.22. The van der Waals surface area contributed by atoms with Gasteiger partial charge < -0.3 is 15.0 Å². The summed E-state index contributed by atoms with van der Waals surface area (Å²) in [6, 6.07) is 15.4. The highest BCUT2D eigenvalue weighted by Gasteiger charge is 2.16. The second kappa shape index (κ2) is 6.07. The lowest BCUT2D eigenvalue weighted by atomic mass is 10.1. The number of carbonyl (C=O) groups is 1. The van der Waals surface area contributed by atoms with Gasteiger partial charge in [0.1, 0.15) is 5.75 Å². The lowest BCUT2D eigenvalue weighted by Gasteiger charge is -2.14. The first-order chi connectivity index (χ1) is 12.6. The highest BCUT2D eigenvalue weighted by molar-refractivity contribution is 5.98. The number of fused-ring (bicyclic) bond motifs is 1. The molecule has 4 aromatic rings. The maximum atomic E-state index is 11.7. The molecule has 6 nitrogen and oxygen atoms in total. The molecule has 2 heterocycles. The summed E-state index contributed by atoms with van der Waals surface area (Å²) in [5.41, 5.74) is 10.7. The van der Waals surface area contributed by atoms with Crippen LogP contribution in [-0.2, 0) is 0 Å². The zero-order valence-electron chi connectivity index (χ0n) is 14.5. The molecule has 4 rings (SSSR count). The van der Waals surface area contributed by atoms with Crippen molar-refractivity contribution in [2.45, 2.75) is 6.92 Å². The van der Waals surface area contributed by atoms with E-state index in [0.717, 1.165) is 39.3 Å². The van der Waals surface area contributed by atoms with Crippen molar-refractivity contribution < 1.29 is 9.53 Å². The summed E-state index contributed by atoms with van der Waals surface area (Å²) in [7, 11) is 1.65. The van der Waals surface area contributed by atoms with Crippen LogP contribution in [0.1, 0.15) is 15.9 Å². The number of carbonyl (C=O) groups excluding carboxylic acids is 1. The Kier molecular flexibility index (Phi) is 3.73. The maximum absolute atomic E-state index is 11.7. The van der Waals surface area contributed by atoms with Crippen molar-refractivity contribution in [2.24, 2.45) is 5.73 Å². The van der Waals surface area contributed by atoms with Gasteiger partial charge in [0.15, 0.2) is 0 Å². The number of ether oxygens (including phenoxy) is 1. The Morgan fingerprint density at radius 1 is 1.15 bits per heavy atom. The van der Waals surface area contributed by atoms with Crippen molar-refractivity contribution in [1.82, 2.24) is 14.8 Å². The Labute approximate surface area is 150 Å². The van der Waals surface area contributed by atoms with Crippen molar-refractivity contribution in [3.63, 3.8) is 0 Å². The molecule has 1 amide bonds. The standard InChI is InChI=1S/C20H18N4O2/c1-12-9-15(26-2)5-6-17(12)24-18-11-14(20(21)25)4-3-13(18)10-19(24)16-7-8-22-23-16/h3-11H,1-2H3,(H2,21,25)(H,22,23). The predicted molar refractivity (Wildman–Crippen MR) is 101 cm³/mol. The van der Waals surface area contributed by atoms with Crippen molar-refractivity contribution >= 4 is 16.8 Å². The van der Waals surface area contributed by atoms with Gasteiger partial charge in [-0.1, -0.05) is 6.07 Å². The van der Waals surface area contributed by atoms with Gasteiger partial charge in [-0.25, -0.2) is 0 Å². The van der Waals surface area contributed by atoms with Crippen LogP contribution in [0.2, 0.25) is 0 Å². The third-order valence-electron chi connectivity index (χ3n) is 4.51. The average molecular weight is 346 g/mol. The number of aromatic nitrogens is 3. The lowest BCUT2D eigenvalue weighted by Crippen LogP contribution is -2.10. The van der Waals surface area contributed by atoms with Gasteiger partial charge in [-0.05, 0) is 55.0 Å². The minimum absolute atomic E-state index is 0.450. The Balaban J connectivity index is 2.05. The van der Waals surface area contributed by atoms with Gasteiger partial charge in [-0.3, -0.25) is 9.89 Å². The number of hydrogen-bond donors (Lipinski definition) is 2. The van der Waals surface area contributed by atoms with Gasteiger partial charge in [0, 0.05) is 22.8 Å². The fraction of sp³-hybridized carbons (Fsp3) is 0.100. The summed E-state index contributed by atoms with van der Waals surface area (Å²) in [6.45, 7) is 2.03. The SMILES string of the molecule is COc1ccc(-n2c(-c3ccn[nH]3)cc3ccc(C(N)=O)cc32)c(C)c1. The Morgan fingerprint density at radius 3 is 2.65 bits per heavy atom. The number of benzene rings is 2. The minimum Gasteiger partial charge on any atom is -0.497 e. The number of methoxy groups -OCH3 is 1. The molecule has 130 valence electrons. The number of nitrogens with zero attached hydrogens (tertiary/aromatic N) is 2. The third kappa shape index (κ3) is 2.52. The zero-order valence-corrected chi connectivity index (χ0v) is 14.5. The molecule has 0 fully saturated rings. The number of amides is 1. The average Bonchev–Trinajstić information content (AvgIpc) is 3.28. The van der Waals surface area contributed by atoms with Gasteiger partial charge in [0.05, 0.1) is 24.0 Å². The Morgan fingerprint density at radius 2 is 2.00 bits per heavy atom. The first-order valence-corrected chi connectivity index (χ1v) is 8.18. The number of nitrogens with two attached hydrogens (primary N) is 1. The summed E-state index contributed by atoms with van der Waals surface area (Å²) in [6.07, 6.45) is 1.72. The summed E-state index contributed by atoms with van der Waals surface area (Å²) in [4.78, 5) is 11.7. The summed E-state index contributed by atoms with van der Waals surface area (Å²) in [5, 5.41) is 8.09. The van der Waals surface area contributed by atoms with E-state index in [4.69, 9.17) is 10.5 Å². The molecule has 6 heteroatoms. The fourth-order valence-electron chi connectivity index (χ4n) is 3.22. The number of H-pyrrole nitrogens is 1. The molecule has 0 radical (unpaired) electrons. The van der Waals surface area contributed by atoms with Gasteiger partial charge in [0.25, 0.3) is 0 Å². The van der Waals surface area contributed by atoms with Crippen LogP contribution in [0.15, 0.2) is 54.7 Å². The molecular weight excluding hydrogens is 328 g/mol. The molecule has 0 unspecified atom stereocenters. The molecule has 2 aromatic carbocycles. The normalized spacial score (nSPS) is 11.0. The van der Waals surface area contributed by atoms with Gasteiger partial charge in [0.2, 0.25) is 5.91 Å². The molecule has 0 aliphatic carbocycles. The smallest absolute Gasteiger partial charge is 0.248 e. The molecule has 26 heavy (non-hydrogen) atoms. The van der Waals surface area contributed by atoms with Crippen LogP contribution in [0.3, 0.4) is 0 Å². The van der Waals surface area contributed by atoms with Crippen LogP contribution in [0, 0.1) is 6.92 Å². The first-order valence-electron chi connectivity index (χ1n) is 8.18. The highest BCUT2D eigenvalue weighted by atomic mass is 16.5. The van der Waals surface area contributed by atoms with Crippen LogP contribution in [0.25, 0.3) is 28.0 Å². The monoisotopic (exact) mass is 346 g/mol. The Hall–Kier alpha value is -3.54. The second-order valence-corrected chi connectivity index (χ2v) is 6.13. The molecule has 0 atom stereocenters. The van der Waals surface area contributed by atoms with Crippen LogP contribution < -0.4 is 10.5 Å². The van der Waals surface area contributed by atoms with Gasteiger partial charge >= 0.3 is 0 Å². The number of nitrogens with one attached hydrogen (secondary N) is 1. The quantitative estimate of drug-likeness (QED) is 0.593. The zero-order chi connectivity index (χ0) is 18.3. The van der Waals surface area contributed by atoms with Gasteiger partial charge in [-0.2, -0.15) is 5.10 Å². The molecule has 0 spiro atoms. The highest BCUT2D eigenvalue weighted by Crippen LogP contribution is 2.33. The number of aromatic amines is 1. The molecule has 0 bridgehead atoms. The third-order valence-corrected chi connectivity index (χ3v) is 4.51. The van der Waals surface area contributed by atoms with Gasteiger partial charge in [-0.15, -0.1) is 0 Å². The Bertz CT molecular complexity index is 1110. The van der Waals surface area contributed by atoms with E-state index in [0.29, 0.717) is 5.56 Å². The first kappa shape index (κ1) is 16.0. The van der Waals surface area contributed by atoms with Crippen LogP contribution in [0.4, 0.5) is 0 Å². The second-order valence-electron chi connectivity index (χ2n) is 6.13. The number of hydrogen-bond acceptors (Lipinski definition) is 3. The van der Waals surface area contributed by atoms with E-state index in [1.165, 1.54) is 0 Å². The number of aryl methyl sites for hydroxylation is 1. The molecule has 0 saturated heterocycles. The van der Waals surface area contributed by atoms with E-state index >= 15 is 0 Å². The molecule has 0 aliphatic heterocycles. The molecule has 0 saturated carbocycles.